The zero-order valence-corrected chi connectivity index (χ0v) is 19.7. The Labute approximate surface area is 201 Å². The van der Waals surface area contributed by atoms with Crippen LogP contribution in [-0.2, 0) is 18.9 Å². The molecule has 2 aromatic rings. The molecule has 0 bridgehead atoms. The highest BCUT2D eigenvalue weighted by atomic mass is 16.6. The Morgan fingerprint density at radius 3 is 2.06 bits per heavy atom. The van der Waals surface area contributed by atoms with Crippen LogP contribution in [0, 0.1) is 0 Å². The van der Waals surface area contributed by atoms with E-state index in [1.54, 1.807) is 0 Å². The van der Waals surface area contributed by atoms with Crippen molar-refractivity contribution < 1.29 is 28.5 Å². The molecule has 1 amide bonds. The van der Waals surface area contributed by atoms with E-state index in [9.17, 15) is 4.79 Å². The van der Waals surface area contributed by atoms with Crippen LogP contribution in [0.3, 0.4) is 0 Å². The van der Waals surface area contributed by atoms with E-state index in [2.05, 4.69) is 0 Å². The van der Waals surface area contributed by atoms with E-state index >= 15 is 0 Å². The number of hydrogen-bond acceptors (Lipinski definition) is 6. The lowest BCUT2D eigenvalue weighted by Gasteiger charge is -2.24. The minimum absolute atomic E-state index is 0.0538. The fourth-order valence-corrected chi connectivity index (χ4v) is 3.59. The number of carbonyl (C=O) groups excluding carboxylic acids is 1. The van der Waals surface area contributed by atoms with Crippen molar-refractivity contribution in [1.29, 1.82) is 0 Å². The highest BCUT2D eigenvalue weighted by molar-refractivity contribution is 6.07. The van der Waals surface area contributed by atoms with Gasteiger partial charge in [-0.3, -0.25) is 4.79 Å². The summed E-state index contributed by atoms with van der Waals surface area (Å²) in [4.78, 5) is 15.4. The van der Waals surface area contributed by atoms with Crippen molar-refractivity contribution in [1.82, 2.24) is 0 Å². The van der Waals surface area contributed by atoms with Crippen LogP contribution < -0.4 is 9.64 Å². The molecule has 184 valence electrons. The summed E-state index contributed by atoms with van der Waals surface area (Å²) < 4.78 is 27.5. The Bertz CT molecular complexity index is 868. The molecule has 2 aliphatic heterocycles. The molecule has 0 saturated carbocycles. The smallest absolute Gasteiger partial charge is 0.262 e. The Kier molecular flexibility index (Phi) is 9.75. The molecule has 0 aromatic heterocycles. The minimum Gasteiger partial charge on any atom is -0.493 e. The first-order chi connectivity index (χ1) is 16.8. The van der Waals surface area contributed by atoms with E-state index < -0.39 is 0 Å². The van der Waals surface area contributed by atoms with E-state index in [0.29, 0.717) is 57.0 Å². The normalized spacial score (nSPS) is 18.5. The van der Waals surface area contributed by atoms with Gasteiger partial charge in [0, 0.05) is 25.4 Å². The molecule has 0 N–H and O–H groups in total. The number of hydrogen-bond donors (Lipinski definition) is 0. The summed E-state index contributed by atoms with van der Waals surface area (Å²) in [6, 6.07) is 17.3. The van der Waals surface area contributed by atoms with Gasteiger partial charge in [-0.25, -0.2) is 0 Å². The monoisotopic (exact) mass is 469 g/mol. The average Bonchev–Trinajstić information content (AvgIpc) is 3.79. The molecule has 0 aliphatic carbocycles. The van der Waals surface area contributed by atoms with Crippen LogP contribution in [-0.4, -0.2) is 70.9 Å². The number of epoxide rings is 2. The van der Waals surface area contributed by atoms with Crippen molar-refractivity contribution in [2.45, 2.75) is 37.9 Å². The molecule has 2 fully saturated rings. The van der Waals surface area contributed by atoms with E-state index in [1.807, 2.05) is 59.5 Å². The molecule has 2 saturated heterocycles. The fraction of sp³-hybridized carbons (Fsp3) is 0.519. The van der Waals surface area contributed by atoms with Gasteiger partial charge in [0.1, 0.15) is 18.0 Å². The molecular weight excluding hydrogens is 434 g/mol. The van der Waals surface area contributed by atoms with Crippen molar-refractivity contribution in [2.24, 2.45) is 0 Å². The Hall–Kier alpha value is -2.45. The summed E-state index contributed by atoms with van der Waals surface area (Å²) in [6.45, 7) is 5.49. The van der Waals surface area contributed by atoms with Crippen molar-refractivity contribution in [3.63, 3.8) is 0 Å². The SMILES string of the molecule is O=C(c1ccccc1OCCCCOCC1CO1)N(CCCCOCC1CO1)c1ccccc1. The molecule has 0 spiro atoms. The van der Waals surface area contributed by atoms with Gasteiger partial charge in [-0.2, -0.15) is 0 Å². The van der Waals surface area contributed by atoms with Crippen LogP contribution >= 0.6 is 0 Å². The van der Waals surface area contributed by atoms with Gasteiger partial charge in [0.05, 0.1) is 38.6 Å². The predicted molar refractivity (Wildman–Crippen MR) is 130 cm³/mol. The lowest BCUT2D eigenvalue weighted by atomic mass is 10.1. The predicted octanol–water partition coefficient (Wildman–Crippen LogP) is 4.10. The van der Waals surface area contributed by atoms with E-state index in [1.165, 1.54) is 0 Å². The van der Waals surface area contributed by atoms with Gasteiger partial charge in [0.15, 0.2) is 0 Å². The van der Waals surface area contributed by atoms with E-state index in [4.69, 9.17) is 23.7 Å². The topological polar surface area (TPSA) is 73.1 Å². The van der Waals surface area contributed by atoms with Crippen LogP contribution in [0.1, 0.15) is 36.0 Å². The maximum Gasteiger partial charge on any atom is 0.262 e. The highest BCUT2D eigenvalue weighted by Gasteiger charge is 2.23. The average molecular weight is 470 g/mol. The van der Waals surface area contributed by atoms with Gasteiger partial charge in [0.25, 0.3) is 5.91 Å². The summed E-state index contributed by atoms with van der Waals surface area (Å²) in [6.07, 6.45) is 4.09. The third kappa shape index (κ3) is 8.40. The van der Waals surface area contributed by atoms with Crippen molar-refractivity contribution in [2.75, 3.05) is 57.7 Å². The molecule has 2 heterocycles. The molecule has 2 aliphatic rings. The number of nitrogens with zero attached hydrogens (tertiary/aromatic N) is 1. The second kappa shape index (κ2) is 13.4. The number of ether oxygens (including phenoxy) is 5. The van der Waals surface area contributed by atoms with E-state index in [-0.39, 0.29) is 12.0 Å². The van der Waals surface area contributed by atoms with Crippen LogP contribution in [0.15, 0.2) is 54.6 Å². The molecule has 34 heavy (non-hydrogen) atoms. The number of rotatable bonds is 17. The van der Waals surface area contributed by atoms with Crippen molar-refractivity contribution in [3.05, 3.63) is 60.2 Å². The van der Waals surface area contributed by atoms with Gasteiger partial charge >= 0.3 is 0 Å². The largest absolute Gasteiger partial charge is 0.493 e. The third-order valence-electron chi connectivity index (χ3n) is 5.70. The zero-order chi connectivity index (χ0) is 23.4. The number of amides is 1. The maximum absolute atomic E-state index is 13.6. The fourth-order valence-electron chi connectivity index (χ4n) is 3.59. The van der Waals surface area contributed by atoms with Gasteiger partial charge < -0.3 is 28.6 Å². The quantitative estimate of drug-likeness (QED) is 0.257. The van der Waals surface area contributed by atoms with Gasteiger partial charge in [-0.1, -0.05) is 30.3 Å². The summed E-state index contributed by atoms with van der Waals surface area (Å²) in [7, 11) is 0. The molecule has 2 atom stereocenters. The summed E-state index contributed by atoms with van der Waals surface area (Å²) >= 11 is 0. The Morgan fingerprint density at radius 2 is 1.38 bits per heavy atom. The van der Waals surface area contributed by atoms with Crippen LogP contribution in [0.25, 0.3) is 0 Å². The molecule has 4 rings (SSSR count). The number of anilines is 1. The Morgan fingerprint density at radius 1 is 0.794 bits per heavy atom. The summed E-state index contributed by atoms with van der Waals surface area (Å²) in [5.41, 5.74) is 1.46. The number of benzene rings is 2. The lowest BCUT2D eigenvalue weighted by molar-refractivity contribution is 0.0975. The van der Waals surface area contributed by atoms with Crippen LogP contribution in [0.2, 0.25) is 0 Å². The van der Waals surface area contributed by atoms with Gasteiger partial charge in [-0.15, -0.1) is 0 Å². The van der Waals surface area contributed by atoms with Crippen molar-refractivity contribution >= 4 is 11.6 Å². The molecule has 0 radical (unpaired) electrons. The molecular formula is C27H35NO6. The second-order valence-electron chi connectivity index (χ2n) is 8.61. The first-order valence-electron chi connectivity index (χ1n) is 12.3. The number of unbranched alkanes of at least 4 members (excludes halogenated alkanes) is 2. The minimum atomic E-state index is -0.0538. The molecule has 7 heteroatoms. The van der Waals surface area contributed by atoms with Gasteiger partial charge in [-0.05, 0) is 49.9 Å². The third-order valence-corrected chi connectivity index (χ3v) is 5.70. The first kappa shape index (κ1) is 24.7. The summed E-state index contributed by atoms with van der Waals surface area (Å²) in [5, 5.41) is 0. The maximum atomic E-state index is 13.6. The number of para-hydroxylation sites is 2. The molecule has 2 unspecified atom stereocenters. The van der Waals surface area contributed by atoms with Gasteiger partial charge in [0.2, 0.25) is 0 Å². The first-order valence-corrected chi connectivity index (χ1v) is 12.3. The summed E-state index contributed by atoms with van der Waals surface area (Å²) in [5.74, 6) is 0.565. The van der Waals surface area contributed by atoms with E-state index in [0.717, 1.165) is 44.6 Å². The number of carbonyl (C=O) groups is 1. The Balaban J connectivity index is 1.28. The lowest BCUT2D eigenvalue weighted by Crippen LogP contribution is -2.32. The zero-order valence-electron chi connectivity index (χ0n) is 19.7. The highest BCUT2D eigenvalue weighted by Crippen LogP contribution is 2.24. The van der Waals surface area contributed by atoms with Crippen molar-refractivity contribution in [3.8, 4) is 5.75 Å². The van der Waals surface area contributed by atoms with Crippen LogP contribution in [0.5, 0.6) is 5.75 Å². The molecule has 7 nitrogen and oxygen atoms in total. The van der Waals surface area contributed by atoms with Crippen LogP contribution in [0.4, 0.5) is 5.69 Å². The molecule has 2 aromatic carbocycles. The second-order valence-corrected chi connectivity index (χ2v) is 8.61. The standard InChI is InChI=1S/C27H35NO6/c29-27(25-12-4-5-13-26(25)32-17-9-8-16-31-19-24-21-34-24)28(22-10-2-1-3-11-22)14-6-7-15-30-18-23-20-33-23/h1-5,10-13,23-24H,6-9,14-21H2.